The van der Waals surface area contributed by atoms with Gasteiger partial charge in [0, 0.05) is 36.1 Å². The Labute approximate surface area is 194 Å². The van der Waals surface area contributed by atoms with Gasteiger partial charge in [-0.25, -0.2) is 4.98 Å². The number of aromatic nitrogens is 5. The Kier molecular flexibility index (Phi) is 7.17. The third-order valence-corrected chi connectivity index (χ3v) is 6.10. The van der Waals surface area contributed by atoms with Crippen LogP contribution in [0.3, 0.4) is 0 Å². The number of benzene rings is 1. The molecule has 4 aromatic rings. The molecule has 0 aliphatic rings. The first-order valence-electron chi connectivity index (χ1n) is 9.80. The molecule has 3 heterocycles. The van der Waals surface area contributed by atoms with E-state index in [1.54, 1.807) is 30.0 Å². The van der Waals surface area contributed by atoms with Gasteiger partial charge in [0.1, 0.15) is 17.2 Å². The number of fused-ring (bicyclic) bond motifs is 1. The fraction of sp³-hybridized carbons (Fsp3) is 0.227. The van der Waals surface area contributed by atoms with Crippen LogP contribution >= 0.6 is 35.0 Å². The van der Waals surface area contributed by atoms with Crippen LogP contribution in [0.2, 0.25) is 10.0 Å². The summed E-state index contributed by atoms with van der Waals surface area (Å²) < 4.78 is 9.87. The summed E-state index contributed by atoms with van der Waals surface area (Å²) in [6, 6.07) is 11.2. The summed E-state index contributed by atoms with van der Waals surface area (Å²) in [5.74, 6) is 2.25. The summed E-state index contributed by atoms with van der Waals surface area (Å²) >= 11 is 13.7. The number of aryl methyl sites for hydroxylation is 1. The van der Waals surface area contributed by atoms with Crippen molar-refractivity contribution in [3.63, 3.8) is 0 Å². The second-order valence-electron chi connectivity index (χ2n) is 6.81. The van der Waals surface area contributed by atoms with Gasteiger partial charge in [0.25, 0.3) is 0 Å². The average Bonchev–Trinajstić information content (AvgIpc) is 3.35. The van der Waals surface area contributed by atoms with Gasteiger partial charge >= 0.3 is 0 Å². The maximum Gasteiger partial charge on any atom is 0.191 e. The Morgan fingerprint density at radius 1 is 1.16 bits per heavy atom. The Morgan fingerprint density at radius 3 is 2.87 bits per heavy atom. The molecule has 0 aliphatic carbocycles. The number of rotatable bonds is 10. The van der Waals surface area contributed by atoms with E-state index in [2.05, 4.69) is 26.3 Å². The molecular weight excluding hydrogens is 453 g/mol. The van der Waals surface area contributed by atoms with Gasteiger partial charge in [-0.3, -0.25) is 0 Å². The van der Waals surface area contributed by atoms with Crippen LogP contribution < -0.4 is 4.74 Å². The number of allylic oxidation sites excluding steroid dienone is 1. The van der Waals surface area contributed by atoms with E-state index in [-0.39, 0.29) is 0 Å². The lowest BCUT2D eigenvalue weighted by Gasteiger charge is -2.09. The van der Waals surface area contributed by atoms with Crippen molar-refractivity contribution < 1.29 is 4.74 Å². The van der Waals surface area contributed by atoms with E-state index < -0.39 is 0 Å². The predicted molar refractivity (Wildman–Crippen MR) is 125 cm³/mol. The molecule has 1 aromatic carbocycles. The molecule has 0 radical (unpaired) electrons. The highest BCUT2D eigenvalue weighted by atomic mass is 35.5. The molecule has 0 atom stereocenters. The smallest absolute Gasteiger partial charge is 0.191 e. The summed E-state index contributed by atoms with van der Waals surface area (Å²) in [5.41, 5.74) is 1.94. The topological polar surface area (TPSA) is 57.2 Å². The van der Waals surface area contributed by atoms with Crippen LogP contribution in [0.1, 0.15) is 17.9 Å². The SMILES string of the molecule is C=CCn1c(CCCOc2ccc(Cl)cc2Cl)nnc1SCc1cn2ccccc2n1. The summed E-state index contributed by atoms with van der Waals surface area (Å²) in [7, 11) is 0. The van der Waals surface area contributed by atoms with E-state index >= 15 is 0 Å². The van der Waals surface area contributed by atoms with Crippen LogP contribution in [0, 0.1) is 0 Å². The van der Waals surface area contributed by atoms with Crippen LogP contribution in [-0.2, 0) is 18.7 Å². The largest absolute Gasteiger partial charge is 0.492 e. The third kappa shape index (κ3) is 5.42. The molecule has 0 unspecified atom stereocenters. The molecule has 0 spiro atoms. The number of hydrogen-bond donors (Lipinski definition) is 0. The number of halogens is 2. The standard InChI is InChI=1S/C22H21Cl2N5OS/c1-2-10-29-21(7-5-12-30-19-9-8-16(23)13-18(19)24)26-27-22(29)31-15-17-14-28-11-4-3-6-20(28)25-17/h2-4,6,8-9,11,13-14H,1,5,7,10,12,15H2. The molecule has 0 saturated heterocycles. The van der Waals surface area contributed by atoms with Gasteiger partial charge in [-0.15, -0.1) is 16.8 Å². The van der Waals surface area contributed by atoms with E-state index in [0.717, 1.165) is 40.9 Å². The van der Waals surface area contributed by atoms with Crippen LogP contribution in [0.15, 0.2) is 66.6 Å². The lowest BCUT2D eigenvalue weighted by Crippen LogP contribution is -2.07. The molecule has 31 heavy (non-hydrogen) atoms. The Hall–Kier alpha value is -2.48. The fourth-order valence-corrected chi connectivity index (χ4v) is 4.44. The van der Waals surface area contributed by atoms with Crippen LogP contribution in [0.5, 0.6) is 5.75 Å². The van der Waals surface area contributed by atoms with E-state index in [4.69, 9.17) is 27.9 Å². The number of nitrogens with zero attached hydrogens (tertiary/aromatic N) is 5. The van der Waals surface area contributed by atoms with Crippen LogP contribution in [-0.4, -0.2) is 30.8 Å². The second-order valence-corrected chi connectivity index (χ2v) is 8.60. The molecule has 160 valence electrons. The normalized spacial score (nSPS) is 11.2. The number of ether oxygens (including phenoxy) is 1. The minimum atomic E-state index is 0.507. The molecule has 3 aromatic heterocycles. The first-order chi connectivity index (χ1) is 15.1. The first kappa shape index (κ1) is 21.7. The van der Waals surface area contributed by atoms with Crippen molar-refractivity contribution in [3.05, 3.63) is 83.0 Å². The maximum atomic E-state index is 6.15. The van der Waals surface area contributed by atoms with Crippen molar-refractivity contribution in [2.24, 2.45) is 0 Å². The van der Waals surface area contributed by atoms with Gasteiger partial charge in [-0.05, 0) is 36.8 Å². The number of imidazole rings is 1. The molecule has 0 aliphatic heterocycles. The molecule has 6 nitrogen and oxygen atoms in total. The Bertz CT molecular complexity index is 1160. The van der Waals surface area contributed by atoms with E-state index in [1.165, 1.54) is 0 Å². The summed E-state index contributed by atoms with van der Waals surface area (Å²) in [5, 5.41) is 10.7. The Morgan fingerprint density at radius 2 is 2.06 bits per heavy atom. The highest BCUT2D eigenvalue weighted by molar-refractivity contribution is 7.98. The molecule has 0 N–H and O–H groups in total. The quantitative estimate of drug-likeness (QED) is 0.167. The molecule has 0 saturated carbocycles. The third-order valence-electron chi connectivity index (χ3n) is 4.56. The van der Waals surface area contributed by atoms with Gasteiger partial charge in [0.2, 0.25) is 0 Å². The van der Waals surface area contributed by atoms with E-state index in [1.807, 2.05) is 41.1 Å². The predicted octanol–water partition coefficient (Wildman–Crippen LogP) is 5.72. The summed E-state index contributed by atoms with van der Waals surface area (Å²) in [6.45, 7) is 5.04. The molecule has 0 amide bonds. The molecule has 9 heteroatoms. The van der Waals surface area contributed by atoms with Gasteiger partial charge in [0.05, 0.1) is 17.3 Å². The molecule has 4 rings (SSSR count). The molecule has 0 bridgehead atoms. The van der Waals surface area contributed by atoms with Crippen molar-refractivity contribution in [2.45, 2.75) is 30.3 Å². The monoisotopic (exact) mass is 473 g/mol. The van der Waals surface area contributed by atoms with E-state index in [9.17, 15) is 0 Å². The number of hydrogen-bond acceptors (Lipinski definition) is 5. The van der Waals surface area contributed by atoms with Crippen LogP contribution in [0.25, 0.3) is 5.65 Å². The van der Waals surface area contributed by atoms with Gasteiger partial charge in [-0.1, -0.05) is 47.1 Å². The lowest BCUT2D eigenvalue weighted by atomic mass is 10.3. The van der Waals surface area contributed by atoms with Crippen molar-refractivity contribution in [1.82, 2.24) is 24.1 Å². The van der Waals surface area contributed by atoms with Crippen molar-refractivity contribution in [1.29, 1.82) is 0 Å². The lowest BCUT2D eigenvalue weighted by molar-refractivity contribution is 0.309. The maximum absolute atomic E-state index is 6.15. The average molecular weight is 474 g/mol. The Balaban J connectivity index is 1.35. The van der Waals surface area contributed by atoms with Crippen molar-refractivity contribution >= 4 is 40.6 Å². The molecule has 0 fully saturated rings. The van der Waals surface area contributed by atoms with E-state index in [0.29, 0.717) is 28.9 Å². The minimum Gasteiger partial charge on any atom is -0.492 e. The van der Waals surface area contributed by atoms with Gasteiger partial charge in [-0.2, -0.15) is 0 Å². The zero-order valence-electron chi connectivity index (χ0n) is 16.7. The zero-order chi connectivity index (χ0) is 21.6. The van der Waals surface area contributed by atoms with Crippen molar-refractivity contribution in [3.8, 4) is 5.75 Å². The summed E-state index contributed by atoms with van der Waals surface area (Å²) in [4.78, 5) is 4.64. The fourth-order valence-electron chi connectivity index (χ4n) is 3.12. The second kappa shape index (κ2) is 10.2. The first-order valence-corrected chi connectivity index (χ1v) is 11.5. The van der Waals surface area contributed by atoms with Crippen molar-refractivity contribution in [2.75, 3.05) is 6.61 Å². The number of pyridine rings is 1. The molecular formula is C22H21Cl2N5OS. The van der Waals surface area contributed by atoms with Crippen LogP contribution in [0.4, 0.5) is 0 Å². The number of thioether (sulfide) groups is 1. The highest BCUT2D eigenvalue weighted by Gasteiger charge is 2.13. The van der Waals surface area contributed by atoms with Gasteiger partial charge < -0.3 is 13.7 Å². The summed E-state index contributed by atoms with van der Waals surface area (Å²) in [6.07, 6.45) is 7.41. The highest BCUT2D eigenvalue weighted by Crippen LogP contribution is 2.28. The zero-order valence-corrected chi connectivity index (χ0v) is 19.1. The minimum absolute atomic E-state index is 0.507. The van der Waals surface area contributed by atoms with Gasteiger partial charge in [0.15, 0.2) is 5.16 Å².